The van der Waals surface area contributed by atoms with Gasteiger partial charge in [-0.2, -0.15) is 4.68 Å². The number of nitrogens with zero attached hydrogens (tertiary/aromatic N) is 5. The van der Waals surface area contributed by atoms with E-state index in [9.17, 15) is 0 Å². The van der Waals surface area contributed by atoms with Gasteiger partial charge in [0, 0.05) is 12.7 Å². The smallest absolute Gasteiger partial charge is 0.174 e. The molecular weight excluding hydrogens is 228 g/mol. The van der Waals surface area contributed by atoms with Crippen LogP contribution in [-0.2, 0) is 6.54 Å². The second-order valence-corrected chi connectivity index (χ2v) is 3.89. The van der Waals surface area contributed by atoms with Gasteiger partial charge >= 0.3 is 0 Å². The van der Waals surface area contributed by atoms with E-state index < -0.39 is 0 Å². The number of rotatable bonds is 3. The first-order valence-electron chi connectivity index (χ1n) is 5.65. The highest BCUT2D eigenvalue weighted by Crippen LogP contribution is 2.13. The molecule has 2 aromatic heterocycles. The molecule has 0 saturated carbocycles. The Bertz CT molecular complexity index is 675. The van der Waals surface area contributed by atoms with Crippen LogP contribution in [0.5, 0.6) is 0 Å². The van der Waals surface area contributed by atoms with Crippen molar-refractivity contribution in [2.75, 3.05) is 7.05 Å². The van der Waals surface area contributed by atoms with Crippen LogP contribution in [0.2, 0.25) is 0 Å². The Morgan fingerprint density at radius 3 is 3.00 bits per heavy atom. The van der Waals surface area contributed by atoms with E-state index in [1.807, 2.05) is 31.3 Å². The third kappa shape index (κ3) is 1.82. The lowest BCUT2D eigenvalue weighted by Crippen LogP contribution is -2.10. The molecule has 0 amide bonds. The minimum atomic E-state index is 0.674. The third-order valence-electron chi connectivity index (χ3n) is 2.60. The number of hydrogen-bond acceptors (Lipinski definition) is 5. The van der Waals surface area contributed by atoms with Crippen molar-refractivity contribution in [1.82, 2.24) is 30.3 Å². The van der Waals surface area contributed by atoms with E-state index in [-0.39, 0.29) is 0 Å². The van der Waals surface area contributed by atoms with Gasteiger partial charge in [0.2, 0.25) is 0 Å². The molecule has 0 fully saturated rings. The van der Waals surface area contributed by atoms with Crippen molar-refractivity contribution in [1.29, 1.82) is 0 Å². The summed E-state index contributed by atoms with van der Waals surface area (Å²) in [6.45, 7) is 0.674. The maximum atomic E-state index is 4.49. The molecule has 0 aliphatic heterocycles. The van der Waals surface area contributed by atoms with Crippen LogP contribution < -0.4 is 5.32 Å². The van der Waals surface area contributed by atoms with Crippen molar-refractivity contribution in [2.45, 2.75) is 6.54 Å². The standard InChI is InChI=1S/C12H12N6/c1-13-6-9-7-14-8-12(15-9)18-11-5-3-2-4-10(11)16-17-18/h2-5,7-8,13H,6H2,1H3. The second-order valence-electron chi connectivity index (χ2n) is 3.89. The summed E-state index contributed by atoms with van der Waals surface area (Å²) in [6.07, 6.45) is 3.42. The summed E-state index contributed by atoms with van der Waals surface area (Å²) >= 11 is 0. The largest absolute Gasteiger partial charge is 0.314 e. The molecular formula is C12H12N6. The molecule has 6 nitrogen and oxygen atoms in total. The number of benzene rings is 1. The van der Waals surface area contributed by atoms with Gasteiger partial charge in [0.25, 0.3) is 0 Å². The van der Waals surface area contributed by atoms with Crippen molar-refractivity contribution in [3.8, 4) is 5.82 Å². The van der Waals surface area contributed by atoms with Crippen molar-refractivity contribution < 1.29 is 0 Å². The zero-order valence-corrected chi connectivity index (χ0v) is 9.91. The van der Waals surface area contributed by atoms with Crippen LogP contribution in [0.1, 0.15) is 5.69 Å². The molecule has 3 rings (SSSR count). The van der Waals surface area contributed by atoms with Crippen LogP contribution in [0.4, 0.5) is 0 Å². The number of aromatic nitrogens is 5. The molecule has 1 aromatic carbocycles. The van der Waals surface area contributed by atoms with Gasteiger partial charge in [-0.3, -0.25) is 4.98 Å². The number of hydrogen-bond donors (Lipinski definition) is 1. The SMILES string of the molecule is CNCc1cncc(-n2nnc3ccccc32)n1. The summed E-state index contributed by atoms with van der Waals surface area (Å²) in [7, 11) is 1.87. The Labute approximate surface area is 104 Å². The first-order chi connectivity index (χ1) is 8.88. The second kappa shape index (κ2) is 4.50. The zero-order valence-electron chi connectivity index (χ0n) is 9.91. The summed E-state index contributed by atoms with van der Waals surface area (Å²) < 4.78 is 1.70. The van der Waals surface area contributed by atoms with Crippen molar-refractivity contribution in [3.63, 3.8) is 0 Å². The highest BCUT2D eigenvalue weighted by atomic mass is 15.4. The number of fused-ring (bicyclic) bond motifs is 1. The van der Waals surface area contributed by atoms with Crippen molar-refractivity contribution in [2.24, 2.45) is 0 Å². The van der Waals surface area contributed by atoms with Crippen LogP contribution >= 0.6 is 0 Å². The lowest BCUT2D eigenvalue weighted by Gasteiger charge is -2.03. The Kier molecular flexibility index (Phi) is 2.70. The molecule has 0 unspecified atom stereocenters. The predicted octanol–water partition coefficient (Wildman–Crippen LogP) is 0.930. The molecule has 3 aromatic rings. The highest BCUT2D eigenvalue weighted by Gasteiger charge is 2.07. The van der Waals surface area contributed by atoms with E-state index in [2.05, 4.69) is 25.6 Å². The fraction of sp³-hybridized carbons (Fsp3) is 0.167. The minimum absolute atomic E-state index is 0.674. The van der Waals surface area contributed by atoms with Crippen LogP contribution in [0.25, 0.3) is 16.9 Å². The first kappa shape index (κ1) is 10.8. The van der Waals surface area contributed by atoms with E-state index >= 15 is 0 Å². The van der Waals surface area contributed by atoms with Crippen LogP contribution in [0.3, 0.4) is 0 Å². The van der Waals surface area contributed by atoms with Crippen LogP contribution in [-0.4, -0.2) is 32.0 Å². The molecule has 0 atom stereocenters. The van der Waals surface area contributed by atoms with Crippen LogP contribution in [0, 0.1) is 0 Å². The lowest BCUT2D eigenvalue weighted by molar-refractivity contribution is 0.750. The molecule has 6 heteroatoms. The van der Waals surface area contributed by atoms with E-state index in [0.717, 1.165) is 16.7 Å². The van der Waals surface area contributed by atoms with Gasteiger partial charge in [-0.25, -0.2) is 4.98 Å². The van der Waals surface area contributed by atoms with Gasteiger partial charge in [0.05, 0.1) is 17.4 Å². The van der Waals surface area contributed by atoms with Gasteiger partial charge in [-0.15, -0.1) is 5.10 Å². The summed E-state index contributed by atoms with van der Waals surface area (Å²) in [4.78, 5) is 8.67. The van der Waals surface area contributed by atoms with E-state index in [1.165, 1.54) is 0 Å². The Balaban J connectivity index is 2.11. The molecule has 18 heavy (non-hydrogen) atoms. The average Bonchev–Trinajstić information content (AvgIpc) is 2.83. The monoisotopic (exact) mass is 240 g/mol. The van der Waals surface area contributed by atoms with Gasteiger partial charge in [0.1, 0.15) is 5.52 Å². The number of nitrogens with one attached hydrogen (secondary N) is 1. The topological polar surface area (TPSA) is 68.5 Å². The molecule has 0 saturated heterocycles. The van der Waals surface area contributed by atoms with Gasteiger partial charge in [-0.1, -0.05) is 17.3 Å². The summed E-state index contributed by atoms with van der Waals surface area (Å²) in [5, 5.41) is 11.3. The molecule has 0 aliphatic carbocycles. The van der Waals surface area contributed by atoms with E-state index in [4.69, 9.17) is 0 Å². The molecule has 0 radical (unpaired) electrons. The Morgan fingerprint density at radius 1 is 1.22 bits per heavy atom. The van der Waals surface area contributed by atoms with Crippen molar-refractivity contribution >= 4 is 11.0 Å². The van der Waals surface area contributed by atoms with Crippen LogP contribution in [0.15, 0.2) is 36.7 Å². The molecule has 0 bridgehead atoms. The van der Waals surface area contributed by atoms with E-state index in [1.54, 1.807) is 17.1 Å². The minimum Gasteiger partial charge on any atom is -0.314 e. The first-order valence-corrected chi connectivity index (χ1v) is 5.65. The fourth-order valence-electron chi connectivity index (χ4n) is 1.80. The third-order valence-corrected chi connectivity index (χ3v) is 2.60. The van der Waals surface area contributed by atoms with Gasteiger partial charge < -0.3 is 5.32 Å². The van der Waals surface area contributed by atoms with Crippen molar-refractivity contribution in [3.05, 3.63) is 42.4 Å². The summed E-state index contributed by atoms with van der Waals surface area (Å²) in [5.74, 6) is 0.677. The molecule has 90 valence electrons. The normalized spacial score (nSPS) is 10.9. The number of para-hydroxylation sites is 1. The highest BCUT2D eigenvalue weighted by molar-refractivity contribution is 5.75. The fourth-order valence-corrected chi connectivity index (χ4v) is 1.80. The molecule has 1 N–H and O–H groups in total. The van der Waals surface area contributed by atoms with Gasteiger partial charge in [0.15, 0.2) is 5.82 Å². The summed E-state index contributed by atoms with van der Waals surface area (Å²) in [6, 6.07) is 7.77. The predicted molar refractivity (Wildman–Crippen MR) is 67.2 cm³/mol. The summed E-state index contributed by atoms with van der Waals surface area (Å²) in [5.41, 5.74) is 2.64. The zero-order chi connectivity index (χ0) is 12.4. The average molecular weight is 240 g/mol. The molecule has 0 aliphatic rings. The molecule has 2 heterocycles. The Hall–Kier alpha value is -2.34. The Morgan fingerprint density at radius 2 is 2.11 bits per heavy atom. The maximum Gasteiger partial charge on any atom is 0.174 e. The van der Waals surface area contributed by atoms with Gasteiger partial charge in [-0.05, 0) is 19.2 Å². The molecule has 0 spiro atoms. The maximum absolute atomic E-state index is 4.49. The lowest BCUT2D eigenvalue weighted by atomic mass is 10.3. The quantitative estimate of drug-likeness (QED) is 0.737. The van der Waals surface area contributed by atoms with E-state index in [0.29, 0.717) is 12.4 Å².